The van der Waals surface area contributed by atoms with Gasteiger partial charge in [0, 0.05) is 36.2 Å². The van der Waals surface area contributed by atoms with E-state index in [1.165, 1.54) is 17.4 Å². The molecule has 4 rings (SSSR count). The van der Waals surface area contributed by atoms with E-state index >= 15 is 0 Å². The van der Waals surface area contributed by atoms with Crippen molar-refractivity contribution in [1.29, 1.82) is 0 Å². The number of anilines is 1. The van der Waals surface area contributed by atoms with Crippen molar-refractivity contribution in [1.82, 2.24) is 4.90 Å². The van der Waals surface area contributed by atoms with Crippen LogP contribution in [0.4, 0.5) is 5.69 Å². The number of esters is 1. The molecule has 2 aromatic carbocycles. The molecular weight excluding hydrogens is 480 g/mol. The van der Waals surface area contributed by atoms with Crippen molar-refractivity contribution in [2.45, 2.75) is 29.6 Å². The summed E-state index contributed by atoms with van der Waals surface area (Å²) in [5.41, 5.74) is 2.93. The van der Waals surface area contributed by atoms with Gasteiger partial charge in [-0.3, -0.25) is 9.59 Å². The number of fused-ring (bicyclic) bond motifs is 1. The molecule has 3 aromatic rings. The zero-order valence-electron chi connectivity index (χ0n) is 20.4. The standard InChI is InChI=1S/C27H30N2O4S2/c1-18(30)33-25-26(20-8-10-21(32-4)11-9-20)35-24-17-19(16-22-6-5-15-34-22)7-12-23(24)29(27(25)31)14-13-28(2)3/h5-12,15,17,25-26H,13-14,16H2,1-4H3. The second kappa shape index (κ2) is 11.3. The molecule has 1 aromatic heterocycles. The lowest BCUT2D eigenvalue weighted by Gasteiger charge is -2.28. The first kappa shape index (κ1) is 25.3. The third-order valence-corrected chi connectivity index (χ3v) is 8.05. The number of methoxy groups -OCH3 is 1. The lowest BCUT2D eigenvalue weighted by atomic mass is 10.0. The van der Waals surface area contributed by atoms with Gasteiger partial charge in [-0.2, -0.15) is 0 Å². The van der Waals surface area contributed by atoms with E-state index in [1.54, 1.807) is 35.1 Å². The van der Waals surface area contributed by atoms with Crippen LogP contribution in [0.3, 0.4) is 0 Å². The van der Waals surface area contributed by atoms with E-state index in [-0.39, 0.29) is 5.91 Å². The fourth-order valence-corrected chi connectivity index (χ4v) is 6.18. The quantitative estimate of drug-likeness (QED) is 0.397. The van der Waals surface area contributed by atoms with E-state index in [1.807, 2.05) is 49.3 Å². The van der Waals surface area contributed by atoms with Crippen molar-refractivity contribution >= 4 is 40.7 Å². The largest absolute Gasteiger partial charge is 0.497 e. The van der Waals surface area contributed by atoms with Crippen LogP contribution in [-0.2, 0) is 20.7 Å². The third-order valence-electron chi connectivity index (χ3n) is 5.82. The minimum Gasteiger partial charge on any atom is -0.497 e. The van der Waals surface area contributed by atoms with Gasteiger partial charge in [-0.25, -0.2) is 0 Å². The maximum Gasteiger partial charge on any atom is 0.303 e. The molecule has 0 fully saturated rings. The van der Waals surface area contributed by atoms with Gasteiger partial charge in [0.1, 0.15) is 5.75 Å². The fourth-order valence-electron chi connectivity index (χ4n) is 4.06. The molecule has 6 nitrogen and oxygen atoms in total. The molecule has 0 saturated carbocycles. The third kappa shape index (κ3) is 6.07. The van der Waals surface area contributed by atoms with Crippen LogP contribution in [0.5, 0.6) is 5.75 Å². The van der Waals surface area contributed by atoms with Crippen molar-refractivity contribution < 1.29 is 19.1 Å². The van der Waals surface area contributed by atoms with Crippen LogP contribution in [0.15, 0.2) is 64.9 Å². The summed E-state index contributed by atoms with van der Waals surface area (Å²) in [5, 5.41) is 1.69. The Hall–Kier alpha value is -2.81. The summed E-state index contributed by atoms with van der Waals surface area (Å²) in [6, 6.07) is 18.1. The highest BCUT2D eigenvalue weighted by molar-refractivity contribution is 7.99. The topological polar surface area (TPSA) is 59.1 Å². The molecule has 0 radical (unpaired) electrons. The normalized spacial score (nSPS) is 17.7. The van der Waals surface area contributed by atoms with Gasteiger partial charge in [0.15, 0.2) is 6.10 Å². The lowest BCUT2D eigenvalue weighted by molar-refractivity contribution is -0.152. The van der Waals surface area contributed by atoms with Crippen LogP contribution < -0.4 is 9.64 Å². The molecule has 2 heterocycles. The molecule has 2 unspecified atom stereocenters. The van der Waals surface area contributed by atoms with Crippen LogP contribution in [-0.4, -0.2) is 57.2 Å². The molecule has 35 heavy (non-hydrogen) atoms. The monoisotopic (exact) mass is 510 g/mol. The van der Waals surface area contributed by atoms with Crippen LogP contribution in [0.25, 0.3) is 0 Å². The Bertz CT molecular complexity index is 1160. The summed E-state index contributed by atoms with van der Waals surface area (Å²) < 4.78 is 11.0. The first-order valence-electron chi connectivity index (χ1n) is 11.4. The van der Waals surface area contributed by atoms with E-state index in [9.17, 15) is 9.59 Å². The predicted molar refractivity (Wildman–Crippen MR) is 142 cm³/mol. The number of thioether (sulfide) groups is 1. The summed E-state index contributed by atoms with van der Waals surface area (Å²) in [5.74, 6) is 0.0495. The molecule has 1 aliphatic heterocycles. The Morgan fingerprint density at radius 2 is 1.89 bits per heavy atom. The smallest absolute Gasteiger partial charge is 0.303 e. The Balaban J connectivity index is 1.78. The number of benzene rings is 2. The van der Waals surface area contributed by atoms with Crippen molar-refractivity contribution in [3.05, 3.63) is 76.0 Å². The van der Waals surface area contributed by atoms with Crippen LogP contribution in [0.1, 0.15) is 28.2 Å². The van der Waals surface area contributed by atoms with Gasteiger partial charge in [0.25, 0.3) is 5.91 Å². The first-order chi connectivity index (χ1) is 16.9. The summed E-state index contributed by atoms with van der Waals surface area (Å²) in [6.45, 7) is 2.54. The number of rotatable bonds is 8. The maximum absolute atomic E-state index is 13.9. The Kier molecular flexibility index (Phi) is 8.15. The molecule has 1 amide bonds. The van der Waals surface area contributed by atoms with Crippen molar-refractivity contribution in [2.75, 3.05) is 39.2 Å². The zero-order valence-corrected chi connectivity index (χ0v) is 22.0. The minimum absolute atomic E-state index is 0.208. The molecule has 0 saturated heterocycles. The molecule has 184 valence electrons. The Morgan fingerprint density at radius 1 is 1.11 bits per heavy atom. The van der Waals surface area contributed by atoms with Gasteiger partial charge >= 0.3 is 5.97 Å². The Morgan fingerprint density at radius 3 is 2.51 bits per heavy atom. The molecule has 1 aliphatic rings. The predicted octanol–water partition coefficient (Wildman–Crippen LogP) is 5.02. The molecule has 2 atom stereocenters. The lowest BCUT2D eigenvalue weighted by Crippen LogP contribution is -2.45. The highest BCUT2D eigenvalue weighted by Gasteiger charge is 2.40. The number of amides is 1. The molecule has 0 N–H and O–H groups in total. The second-order valence-electron chi connectivity index (χ2n) is 8.69. The van der Waals surface area contributed by atoms with E-state index in [0.29, 0.717) is 13.1 Å². The highest BCUT2D eigenvalue weighted by Crippen LogP contribution is 2.47. The van der Waals surface area contributed by atoms with Gasteiger partial charge in [-0.1, -0.05) is 24.3 Å². The Labute approximate surface area is 214 Å². The van der Waals surface area contributed by atoms with E-state index in [4.69, 9.17) is 9.47 Å². The number of thiophene rings is 1. The number of hydrogen-bond acceptors (Lipinski definition) is 7. The summed E-state index contributed by atoms with van der Waals surface area (Å²) in [7, 11) is 5.58. The number of likely N-dealkylation sites (N-methyl/N-ethyl adjacent to an activating group) is 1. The summed E-state index contributed by atoms with van der Waals surface area (Å²) in [4.78, 5) is 32.1. The average Bonchev–Trinajstić information content (AvgIpc) is 3.31. The minimum atomic E-state index is -0.943. The van der Waals surface area contributed by atoms with E-state index < -0.39 is 17.3 Å². The van der Waals surface area contributed by atoms with Crippen molar-refractivity contribution in [3.63, 3.8) is 0 Å². The zero-order chi connectivity index (χ0) is 24.9. The highest BCUT2D eigenvalue weighted by atomic mass is 32.2. The van der Waals surface area contributed by atoms with Crippen LogP contribution in [0, 0.1) is 0 Å². The number of ether oxygens (including phenoxy) is 2. The molecule has 0 aliphatic carbocycles. The van der Waals surface area contributed by atoms with Crippen LogP contribution >= 0.6 is 23.1 Å². The first-order valence-corrected chi connectivity index (χ1v) is 13.2. The van der Waals surface area contributed by atoms with Gasteiger partial charge in [0.05, 0.1) is 18.0 Å². The number of hydrogen-bond donors (Lipinski definition) is 0. The number of nitrogens with zero attached hydrogens (tertiary/aromatic N) is 2. The van der Waals surface area contributed by atoms with Crippen molar-refractivity contribution in [2.24, 2.45) is 0 Å². The van der Waals surface area contributed by atoms with Gasteiger partial charge in [-0.15, -0.1) is 23.1 Å². The van der Waals surface area contributed by atoms with Gasteiger partial charge in [0.2, 0.25) is 0 Å². The molecule has 0 bridgehead atoms. The summed E-state index contributed by atoms with van der Waals surface area (Å²) in [6.07, 6.45) is -0.112. The van der Waals surface area contributed by atoms with Gasteiger partial charge in [-0.05, 0) is 60.9 Å². The second-order valence-corrected chi connectivity index (χ2v) is 10.9. The summed E-state index contributed by atoms with van der Waals surface area (Å²) >= 11 is 3.31. The average molecular weight is 511 g/mol. The van der Waals surface area contributed by atoms with Crippen molar-refractivity contribution in [3.8, 4) is 5.75 Å². The molecule has 0 spiro atoms. The maximum atomic E-state index is 13.9. The molecule has 8 heteroatoms. The fraction of sp³-hybridized carbons (Fsp3) is 0.333. The van der Waals surface area contributed by atoms with Crippen LogP contribution in [0.2, 0.25) is 0 Å². The number of carbonyl (C=O) groups excluding carboxylic acids is 2. The number of carbonyl (C=O) groups is 2. The molecular formula is C27H30N2O4S2. The SMILES string of the molecule is COc1ccc(C2Sc3cc(Cc4cccs4)ccc3N(CCN(C)C)C(=O)C2OC(C)=O)cc1. The van der Waals surface area contributed by atoms with E-state index in [2.05, 4.69) is 29.6 Å². The van der Waals surface area contributed by atoms with Gasteiger partial charge < -0.3 is 19.3 Å². The van der Waals surface area contributed by atoms with E-state index in [0.717, 1.165) is 28.3 Å².